The zero-order valence-corrected chi connectivity index (χ0v) is 16.8. The van der Waals surface area contributed by atoms with Crippen molar-refractivity contribution >= 4 is 44.9 Å². The fraction of sp³-hybridized carbons (Fsp3) is 0.294. The van der Waals surface area contributed by atoms with Crippen LogP contribution in [0.5, 0.6) is 0 Å². The summed E-state index contributed by atoms with van der Waals surface area (Å²) in [5, 5.41) is 1.46. The van der Waals surface area contributed by atoms with E-state index in [1.54, 1.807) is 11.8 Å². The van der Waals surface area contributed by atoms with E-state index in [1.165, 1.54) is 15.8 Å². The average molecular weight is 448 g/mol. The van der Waals surface area contributed by atoms with Gasteiger partial charge in [-0.05, 0) is 29.6 Å². The largest absolute Gasteiger partial charge is 0.453 e. The third-order valence-electron chi connectivity index (χ3n) is 3.98. The molecule has 1 saturated heterocycles. The van der Waals surface area contributed by atoms with Crippen LogP contribution in [0.3, 0.4) is 0 Å². The number of carbonyl (C=O) groups is 2. The molecule has 6 nitrogen and oxygen atoms in total. The van der Waals surface area contributed by atoms with Crippen LogP contribution < -0.4 is 0 Å². The highest BCUT2D eigenvalue weighted by Crippen LogP contribution is 2.27. The summed E-state index contributed by atoms with van der Waals surface area (Å²) in [6.45, 7) is -0.0143. The standard InChI is InChI=1S/C17H15F2NO5S3/c18-12-2-1-11(9-13(12)19)14(21)10-25-17(22)16-15(3-6-27-16)28(23,24)20-4-7-26-8-5-20/h1-3,6,9H,4-5,7-8,10H2. The Kier molecular flexibility index (Phi) is 6.48. The lowest BCUT2D eigenvalue weighted by molar-refractivity contribution is 0.0476. The van der Waals surface area contributed by atoms with Gasteiger partial charge in [0.25, 0.3) is 0 Å². The van der Waals surface area contributed by atoms with Gasteiger partial charge in [0.15, 0.2) is 24.0 Å². The van der Waals surface area contributed by atoms with Gasteiger partial charge >= 0.3 is 5.97 Å². The number of thiophene rings is 1. The molecule has 11 heteroatoms. The molecule has 0 unspecified atom stereocenters. The highest BCUT2D eigenvalue weighted by Gasteiger charge is 2.31. The van der Waals surface area contributed by atoms with Crippen LogP contribution in [0.1, 0.15) is 20.0 Å². The number of benzene rings is 1. The molecule has 0 bridgehead atoms. The first kappa shape index (κ1) is 20.9. The van der Waals surface area contributed by atoms with Crippen molar-refractivity contribution in [3.8, 4) is 0 Å². The number of Topliss-reactive ketones (excluding diaryl/α,β-unsaturated/α-hetero) is 1. The highest BCUT2D eigenvalue weighted by atomic mass is 32.2. The van der Waals surface area contributed by atoms with Gasteiger partial charge in [-0.1, -0.05) is 0 Å². The van der Waals surface area contributed by atoms with E-state index in [0.717, 1.165) is 23.5 Å². The Morgan fingerprint density at radius 2 is 1.82 bits per heavy atom. The quantitative estimate of drug-likeness (QED) is 0.500. The van der Waals surface area contributed by atoms with Crippen molar-refractivity contribution in [2.45, 2.75) is 4.90 Å². The summed E-state index contributed by atoms with van der Waals surface area (Å²) in [7, 11) is -3.84. The topological polar surface area (TPSA) is 80.8 Å². The fourth-order valence-corrected chi connectivity index (χ4v) is 6.38. The molecule has 0 atom stereocenters. The fourth-order valence-electron chi connectivity index (χ4n) is 2.53. The maximum Gasteiger partial charge on any atom is 0.350 e. The molecule has 0 aliphatic carbocycles. The van der Waals surface area contributed by atoms with Crippen LogP contribution in [0.15, 0.2) is 34.5 Å². The first-order valence-corrected chi connectivity index (χ1v) is 11.6. The first-order valence-electron chi connectivity index (χ1n) is 8.11. The van der Waals surface area contributed by atoms with Crippen LogP contribution in [0.4, 0.5) is 8.78 Å². The summed E-state index contributed by atoms with van der Waals surface area (Å²) >= 11 is 2.54. The zero-order chi connectivity index (χ0) is 20.3. The molecule has 2 aromatic rings. The molecular formula is C17H15F2NO5S3. The van der Waals surface area contributed by atoms with Gasteiger partial charge in [0.2, 0.25) is 10.0 Å². The molecule has 1 aromatic carbocycles. The van der Waals surface area contributed by atoms with Gasteiger partial charge in [-0.15, -0.1) is 11.3 Å². The summed E-state index contributed by atoms with van der Waals surface area (Å²) < 4.78 is 57.9. The molecule has 3 rings (SSSR count). The van der Waals surface area contributed by atoms with Crippen LogP contribution in [-0.4, -0.2) is 55.7 Å². The number of hydrogen-bond donors (Lipinski definition) is 0. The number of ether oxygens (including phenoxy) is 1. The molecule has 0 amide bonds. The van der Waals surface area contributed by atoms with E-state index >= 15 is 0 Å². The number of esters is 1. The summed E-state index contributed by atoms with van der Waals surface area (Å²) in [5.41, 5.74) is -0.156. The molecule has 0 N–H and O–H groups in total. The van der Waals surface area contributed by atoms with Gasteiger partial charge in [0.1, 0.15) is 9.77 Å². The molecule has 1 aliphatic heterocycles. The Labute approximate surface area is 168 Å². The maximum atomic E-state index is 13.2. The number of nitrogens with zero attached hydrogens (tertiary/aromatic N) is 1. The van der Waals surface area contributed by atoms with Crippen molar-refractivity contribution in [2.24, 2.45) is 0 Å². The maximum absolute atomic E-state index is 13.2. The van der Waals surface area contributed by atoms with Crippen LogP contribution in [0, 0.1) is 11.6 Å². The number of rotatable bonds is 6. The summed E-state index contributed by atoms with van der Waals surface area (Å²) in [4.78, 5) is 24.1. The minimum atomic E-state index is -3.84. The van der Waals surface area contributed by atoms with Crippen LogP contribution in [0.2, 0.25) is 0 Å². The Hall–Kier alpha value is -1.82. The lowest BCUT2D eigenvalue weighted by atomic mass is 10.1. The van der Waals surface area contributed by atoms with Crippen molar-refractivity contribution in [3.05, 3.63) is 51.7 Å². The molecule has 2 heterocycles. The molecule has 1 aromatic heterocycles. The monoisotopic (exact) mass is 447 g/mol. The van der Waals surface area contributed by atoms with Crippen molar-refractivity contribution in [2.75, 3.05) is 31.2 Å². The number of halogens is 2. The number of sulfonamides is 1. The van der Waals surface area contributed by atoms with E-state index in [0.29, 0.717) is 30.7 Å². The van der Waals surface area contributed by atoms with Crippen LogP contribution in [-0.2, 0) is 14.8 Å². The van der Waals surface area contributed by atoms with E-state index in [2.05, 4.69) is 0 Å². The SMILES string of the molecule is O=C(COC(=O)c1sccc1S(=O)(=O)N1CCSCC1)c1ccc(F)c(F)c1. The molecule has 0 saturated carbocycles. The highest BCUT2D eigenvalue weighted by molar-refractivity contribution is 7.99. The Morgan fingerprint density at radius 1 is 1.11 bits per heavy atom. The third-order valence-corrected chi connectivity index (χ3v) is 7.89. The van der Waals surface area contributed by atoms with E-state index in [9.17, 15) is 26.8 Å². The van der Waals surface area contributed by atoms with E-state index < -0.39 is 40.0 Å². The van der Waals surface area contributed by atoms with Crippen molar-refractivity contribution in [1.82, 2.24) is 4.31 Å². The van der Waals surface area contributed by atoms with Gasteiger partial charge in [0.05, 0.1) is 0 Å². The average Bonchev–Trinajstić information content (AvgIpc) is 3.19. The van der Waals surface area contributed by atoms with Crippen LogP contribution >= 0.6 is 23.1 Å². The van der Waals surface area contributed by atoms with Gasteiger partial charge in [-0.3, -0.25) is 4.79 Å². The van der Waals surface area contributed by atoms with Crippen LogP contribution in [0.25, 0.3) is 0 Å². The van der Waals surface area contributed by atoms with Gasteiger partial charge in [-0.25, -0.2) is 22.0 Å². The van der Waals surface area contributed by atoms with E-state index in [-0.39, 0.29) is 15.3 Å². The molecule has 150 valence electrons. The van der Waals surface area contributed by atoms with Gasteiger partial charge in [0, 0.05) is 30.2 Å². The molecule has 28 heavy (non-hydrogen) atoms. The molecule has 0 spiro atoms. The number of carbonyl (C=O) groups excluding carboxylic acids is 2. The molecule has 1 aliphatic rings. The lowest BCUT2D eigenvalue weighted by Gasteiger charge is -2.25. The number of thioether (sulfide) groups is 1. The van der Waals surface area contributed by atoms with Gasteiger partial charge < -0.3 is 4.74 Å². The second-order valence-electron chi connectivity index (χ2n) is 5.76. The van der Waals surface area contributed by atoms with Gasteiger partial charge in [-0.2, -0.15) is 16.1 Å². The minimum absolute atomic E-state index is 0.128. The summed E-state index contributed by atoms with van der Waals surface area (Å²) in [6, 6.07) is 3.91. The summed E-state index contributed by atoms with van der Waals surface area (Å²) in [6.07, 6.45) is 0. The van der Waals surface area contributed by atoms with E-state index in [4.69, 9.17) is 4.74 Å². The van der Waals surface area contributed by atoms with Crippen molar-refractivity contribution in [1.29, 1.82) is 0 Å². The smallest absolute Gasteiger partial charge is 0.350 e. The molecule has 0 radical (unpaired) electrons. The normalized spacial score (nSPS) is 15.4. The molecular weight excluding hydrogens is 432 g/mol. The Morgan fingerprint density at radius 3 is 2.50 bits per heavy atom. The third kappa shape index (κ3) is 4.43. The first-order chi connectivity index (χ1) is 13.3. The molecule has 1 fully saturated rings. The summed E-state index contributed by atoms with van der Waals surface area (Å²) in [5.74, 6) is -2.64. The zero-order valence-electron chi connectivity index (χ0n) is 14.4. The lowest BCUT2D eigenvalue weighted by Crippen LogP contribution is -2.38. The van der Waals surface area contributed by atoms with E-state index in [1.807, 2.05) is 0 Å². The predicted molar refractivity (Wildman–Crippen MR) is 101 cm³/mol. The number of hydrogen-bond acceptors (Lipinski definition) is 7. The minimum Gasteiger partial charge on any atom is -0.453 e. The second kappa shape index (κ2) is 8.68. The van der Waals surface area contributed by atoms with Crippen molar-refractivity contribution in [3.63, 3.8) is 0 Å². The van der Waals surface area contributed by atoms with Crippen molar-refractivity contribution < 1.29 is 31.5 Å². The Bertz CT molecular complexity index is 1000. The number of ketones is 1. The Balaban J connectivity index is 1.71. The predicted octanol–water partition coefficient (Wildman–Crippen LogP) is 2.80. The second-order valence-corrected chi connectivity index (χ2v) is 9.81.